The van der Waals surface area contributed by atoms with Gasteiger partial charge in [0.1, 0.15) is 5.76 Å². The largest absolute Gasteiger partial charge is 0.469 e. The Balaban J connectivity index is 2.16. The topological polar surface area (TPSA) is 34.4 Å². The van der Waals surface area contributed by atoms with E-state index >= 15 is 0 Å². The summed E-state index contributed by atoms with van der Waals surface area (Å²) in [6.07, 6.45) is 10.3. The fourth-order valence-corrected chi connectivity index (χ4v) is 3.53. The summed E-state index contributed by atoms with van der Waals surface area (Å²) in [5.74, 6) is 1.05. The van der Waals surface area contributed by atoms with E-state index in [-0.39, 0.29) is 5.60 Å². The van der Waals surface area contributed by atoms with E-state index in [0.717, 1.165) is 25.3 Å². The van der Waals surface area contributed by atoms with Crippen molar-refractivity contribution < 1.29 is 9.15 Å². The summed E-state index contributed by atoms with van der Waals surface area (Å²) in [7, 11) is 0. The average Bonchev–Trinajstić information content (AvgIpc) is 2.84. The molecule has 114 valence electrons. The van der Waals surface area contributed by atoms with Crippen molar-refractivity contribution in [1.82, 2.24) is 5.32 Å². The number of rotatable bonds is 7. The standard InChI is InChI=1S/C17H29NO2/c1-3-18-16(14-15-10-9-13-19-15)17(20-4-2)11-7-5-6-8-12-17/h9-10,13,16,18H,3-8,11-12,14H2,1-2H3. The number of ether oxygens (including phenoxy) is 1. The van der Waals surface area contributed by atoms with Crippen LogP contribution in [0.25, 0.3) is 0 Å². The normalized spacial score (nSPS) is 20.5. The molecule has 1 N–H and O–H groups in total. The van der Waals surface area contributed by atoms with E-state index in [9.17, 15) is 0 Å². The van der Waals surface area contributed by atoms with E-state index in [2.05, 4.69) is 25.2 Å². The molecule has 0 aromatic carbocycles. The van der Waals surface area contributed by atoms with E-state index in [1.165, 1.54) is 38.5 Å². The minimum atomic E-state index is -0.0198. The first-order valence-electron chi connectivity index (χ1n) is 8.20. The predicted molar refractivity (Wildman–Crippen MR) is 81.9 cm³/mol. The highest BCUT2D eigenvalue weighted by atomic mass is 16.5. The van der Waals surface area contributed by atoms with Crippen LogP contribution in [0.1, 0.15) is 58.1 Å². The zero-order valence-electron chi connectivity index (χ0n) is 13.0. The molecule has 3 nitrogen and oxygen atoms in total. The van der Waals surface area contributed by atoms with Gasteiger partial charge in [0.05, 0.1) is 11.9 Å². The highest BCUT2D eigenvalue weighted by molar-refractivity contribution is 5.05. The molecule has 1 fully saturated rings. The Hall–Kier alpha value is -0.800. The summed E-state index contributed by atoms with van der Waals surface area (Å²) in [5.41, 5.74) is -0.0198. The van der Waals surface area contributed by atoms with Gasteiger partial charge in [-0.15, -0.1) is 0 Å². The molecule has 1 aromatic rings. The van der Waals surface area contributed by atoms with Crippen molar-refractivity contribution in [2.45, 2.75) is 70.4 Å². The Morgan fingerprint density at radius 2 is 2.00 bits per heavy atom. The summed E-state index contributed by atoms with van der Waals surface area (Å²) in [5, 5.41) is 3.66. The van der Waals surface area contributed by atoms with Gasteiger partial charge in [0.15, 0.2) is 0 Å². The molecule has 0 bridgehead atoms. The second kappa shape index (κ2) is 7.84. The monoisotopic (exact) mass is 279 g/mol. The van der Waals surface area contributed by atoms with Gasteiger partial charge in [-0.1, -0.05) is 32.6 Å². The maximum atomic E-state index is 6.31. The van der Waals surface area contributed by atoms with Crippen LogP contribution in [-0.2, 0) is 11.2 Å². The third-order valence-corrected chi connectivity index (χ3v) is 4.45. The van der Waals surface area contributed by atoms with Gasteiger partial charge in [-0.05, 0) is 38.4 Å². The molecule has 0 amide bonds. The lowest BCUT2D eigenvalue weighted by atomic mass is 9.83. The van der Waals surface area contributed by atoms with Crippen LogP contribution in [0.4, 0.5) is 0 Å². The molecule has 1 saturated carbocycles. The quantitative estimate of drug-likeness (QED) is 0.768. The maximum Gasteiger partial charge on any atom is 0.105 e. The fraction of sp³-hybridized carbons (Fsp3) is 0.765. The van der Waals surface area contributed by atoms with Gasteiger partial charge in [0.2, 0.25) is 0 Å². The molecular formula is C17H29NO2. The molecule has 1 aromatic heterocycles. The molecule has 0 spiro atoms. The van der Waals surface area contributed by atoms with Crippen molar-refractivity contribution in [3.8, 4) is 0 Å². The first kappa shape index (κ1) is 15.6. The lowest BCUT2D eigenvalue weighted by molar-refractivity contribution is -0.0772. The van der Waals surface area contributed by atoms with Gasteiger partial charge in [-0.25, -0.2) is 0 Å². The molecule has 3 heteroatoms. The van der Waals surface area contributed by atoms with Crippen molar-refractivity contribution >= 4 is 0 Å². The minimum Gasteiger partial charge on any atom is -0.469 e. The second-order valence-electron chi connectivity index (χ2n) is 5.81. The maximum absolute atomic E-state index is 6.31. The Bertz CT molecular complexity index is 353. The van der Waals surface area contributed by atoms with Crippen molar-refractivity contribution in [3.63, 3.8) is 0 Å². The number of hydrogen-bond donors (Lipinski definition) is 1. The van der Waals surface area contributed by atoms with Gasteiger partial charge in [0, 0.05) is 19.1 Å². The number of nitrogens with one attached hydrogen (secondary N) is 1. The highest BCUT2D eigenvalue weighted by Gasteiger charge is 2.39. The first-order chi connectivity index (χ1) is 9.80. The smallest absolute Gasteiger partial charge is 0.105 e. The summed E-state index contributed by atoms with van der Waals surface area (Å²) in [6, 6.07) is 4.39. The number of hydrogen-bond acceptors (Lipinski definition) is 3. The van der Waals surface area contributed by atoms with Crippen molar-refractivity contribution in [2.24, 2.45) is 0 Å². The zero-order valence-corrected chi connectivity index (χ0v) is 13.0. The Kier molecular flexibility index (Phi) is 6.11. The van der Waals surface area contributed by atoms with E-state index in [1.807, 2.05) is 6.07 Å². The second-order valence-corrected chi connectivity index (χ2v) is 5.81. The Labute approximate surface area is 123 Å². The summed E-state index contributed by atoms with van der Waals surface area (Å²) in [6.45, 7) is 6.05. The molecule has 0 radical (unpaired) electrons. The van der Waals surface area contributed by atoms with Gasteiger partial charge < -0.3 is 14.5 Å². The molecular weight excluding hydrogens is 250 g/mol. The van der Waals surface area contributed by atoms with E-state index < -0.39 is 0 Å². The van der Waals surface area contributed by atoms with Gasteiger partial charge in [-0.2, -0.15) is 0 Å². The third-order valence-electron chi connectivity index (χ3n) is 4.45. The lowest BCUT2D eigenvalue weighted by Crippen LogP contribution is -2.53. The van der Waals surface area contributed by atoms with Crippen LogP contribution >= 0.6 is 0 Å². The van der Waals surface area contributed by atoms with Gasteiger partial charge in [-0.3, -0.25) is 0 Å². The van der Waals surface area contributed by atoms with Gasteiger partial charge in [0.25, 0.3) is 0 Å². The Morgan fingerprint density at radius 1 is 1.25 bits per heavy atom. The first-order valence-corrected chi connectivity index (χ1v) is 8.20. The van der Waals surface area contributed by atoms with Crippen LogP contribution in [0.5, 0.6) is 0 Å². The van der Waals surface area contributed by atoms with Gasteiger partial charge >= 0.3 is 0 Å². The third kappa shape index (κ3) is 3.86. The summed E-state index contributed by atoms with van der Waals surface area (Å²) in [4.78, 5) is 0. The Morgan fingerprint density at radius 3 is 2.55 bits per heavy atom. The van der Waals surface area contributed by atoms with E-state index in [1.54, 1.807) is 6.26 Å². The zero-order chi connectivity index (χ0) is 14.3. The molecule has 1 atom stereocenters. The number of furan rings is 1. The van der Waals surface area contributed by atoms with Crippen molar-refractivity contribution in [1.29, 1.82) is 0 Å². The summed E-state index contributed by atoms with van der Waals surface area (Å²) >= 11 is 0. The van der Waals surface area contributed by atoms with Crippen molar-refractivity contribution in [2.75, 3.05) is 13.2 Å². The predicted octanol–water partition coefficient (Wildman–Crippen LogP) is 3.93. The molecule has 1 aliphatic rings. The minimum absolute atomic E-state index is 0.0198. The van der Waals surface area contributed by atoms with Crippen LogP contribution in [0.3, 0.4) is 0 Å². The molecule has 1 unspecified atom stereocenters. The lowest BCUT2D eigenvalue weighted by Gasteiger charge is -2.40. The molecule has 0 aliphatic heterocycles. The molecule has 1 heterocycles. The average molecular weight is 279 g/mol. The SMILES string of the molecule is CCNC(Cc1ccco1)C1(OCC)CCCCCC1. The number of likely N-dealkylation sites (N-methyl/N-ethyl adjacent to an activating group) is 1. The fourth-order valence-electron chi connectivity index (χ4n) is 3.53. The molecule has 20 heavy (non-hydrogen) atoms. The highest BCUT2D eigenvalue weighted by Crippen LogP contribution is 2.35. The van der Waals surface area contributed by atoms with Crippen LogP contribution in [0.2, 0.25) is 0 Å². The van der Waals surface area contributed by atoms with Crippen LogP contribution in [0.15, 0.2) is 22.8 Å². The molecule has 0 saturated heterocycles. The van der Waals surface area contributed by atoms with E-state index in [4.69, 9.17) is 9.15 Å². The molecule has 1 aliphatic carbocycles. The molecule has 2 rings (SSSR count). The van der Waals surface area contributed by atoms with Crippen LogP contribution < -0.4 is 5.32 Å². The van der Waals surface area contributed by atoms with E-state index in [0.29, 0.717) is 6.04 Å². The summed E-state index contributed by atoms with van der Waals surface area (Å²) < 4.78 is 11.9. The van der Waals surface area contributed by atoms with Crippen LogP contribution in [0, 0.1) is 0 Å². The van der Waals surface area contributed by atoms with Crippen LogP contribution in [-0.4, -0.2) is 24.8 Å². The van der Waals surface area contributed by atoms with Crippen molar-refractivity contribution in [3.05, 3.63) is 24.2 Å².